The van der Waals surface area contributed by atoms with Crippen molar-refractivity contribution in [1.82, 2.24) is 14.5 Å². The summed E-state index contributed by atoms with van der Waals surface area (Å²) in [5.74, 6) is 0. The number of allylic oxidation sites excluding steroid dienone is 1. The van der Waals surface area contributed by atoms with Crippen molar-refractivity contribution >= 4 is 72.6 Å². The molecule has 1 fully saturated rings. The Balaban J connectivity index is 0.00000316. The summed E-state index contributed by atoms with van der Waals surface area (Å²) in [6.07, 6.45) is 4.49. The molecule has 7 heteroatoms. The van der Waals surface area contributed by atoms with Crippen LogP contribution < -0.4 is 24.0 Å². The molecule has 5 aromatic rings. The Morgan fingerprint density at radius 3 is 2.55 bits per heavy atom. The number of aromatic nitrogens is 2. The first-order chi connectivity index (χ1) is 19.8. The van der Waals surface area contributed by atoms with Crippen molar-refractivity contribution in [3.05, 3.63) is 87.3 Å². The maximum absolute atomic E-state index is 5.56. The van der Waals surface area contributed by atoms with Crippen molar-refractivity contribution < 1.29 is 33.3 Å². The molecule has 5 nitrogen and oxygen atoms in total. The lowest BCUT2D eigenvalue weighted by atomic mass is 9.79. The summed E-state index contributed by atoms with van der Waals surface area (Å²) in [4.78, 5) is 7.62. The lowest BCUT2D eigenvalue weighted by Gasteiger charge is -2.27. The number of hydrogen-bond donors (Lipinski definition) is 0. The Morgan fingerprint density at radius 2 is 1.74 bits per heavy atom. The van der Waals surface area contributed by atoms with Gasteiger partial charge in [-0.1, -0.05) is 24.3 Å². The number of nitrogens with zero attached hydrogens (tertiary/aromatic N) is 4. The van der Waals surface area contributed by atoms with Crippen LogP contribution in [0.1, 0.15) is 30.8 Å². The number of aryl methyl sites for hydroxylation is 1. The second kappa shape index (κ2) is 11.6. The number of hydrogen-bond acceptors (Lipinski definition) is 3. The Labute approximate surface area is 278 Å². The van der Waals surface area contributed by atoms with E-state index in [4.69, 9.17) is 9.72 Å². The largest absolute Gasteiger partial charge is 1.00 e. The monoisotopic (exact) mass is 782 g/mol. The van der Waals surface area contributed by atoms with Gasteiger partial charge in [-0.05, 0) is 90.5 Å². The first kappa shape index (κ1) is 29.7. The van der Waals surface area contributed by atoms with Gasteiger partial charge in [-0.25, -0.2) is 0 Å². The van der Waals surface area contributed by atoms with Gasteiger partial charge in [0.1, 0.15) is 7.05 Å². The molecule has 0 N–H and O–H groups in total. The maximum Gasteiger partial charge on any atom is 0.210 e. The van der Waals surface area contributed by atoms with Crippen LogP contribution in [0.4, 0.5) is 5.69 Å². The number of rotatable bonds is 5. The molecule has 1 saturated heterocycles. The van der Waals surface area contributed by atoms with Crippen LogP contribution in [0.3, 0.4) is 0 Å². The first-order valence-corrected chi connectivity index (χ1v) is 15.6. The van der Waals surface area contributed by atoms with Gasteiger partial charge in [0.2, 0.25) is 5.69 Å². The van der Waals surface area contributed by atoms with Crippen LogP contribution in [0.25, 0.3) is 38.7 Å². The predicted octanol–water partition coefficient (Wildman–Crippen LogP) is 4.31. The third-order valence-electron chi connectivity index (χ3n) is 9.05. The third-order valence-corrected chi connectivity index (χ3v) is 9.72. The van der Waals surface area contributed by atoms with E-state index in [-0.39, 0.29) is 29.4 Å². The van der Waals surface area contributed by atoms with Crippen LogP contribution in [0.5, 0.6) is 0 Å². The summed E-state index contributed by atoms with van der Waals surface area (Å²) < 4.78 is 11.7. The molecule has 42 heavy (non-hydrogen) atoms. The zero-order valence-corrected chi connectivity index (χ0v) is 28.9. The van der Waals surface area contributed by atoms with Crippen LogP contribution in [0.2, 0.25) is 0 Å². The fourth-order valence-electron chi connectivity index (χ4n) is 7.06. The molecule has 2 aliphatic rings. The lowest BCUT2D eigenvalue weighted by molar-refractivity contribution is -0.401. The van der Waals surface area contributed by atoms with Gasteiger partial charge >= 0.3 is 0 Å². The summed E-state index contributed by atoms with van der Waals surface area (Å²) in [7, 11) is 2.19. The summed E-state index contributed by atoms with van der Waals surface area (Å²) >= 11 is 2.40. The second-order valence-corrected chi connectivity index (χ2v) is 13.1. The van der Waals surface area contributed by atoms with Gasteiger partial charge in [0.15, 0.2) is 5.71 Å². The number of benzene rings is 3. The molecule has 0 radical (unpaired) electrons. The Kier molecular flexibility index (Phi) is 8.23. The smallest absolute Gasteiger partial charge is 0.210 e. The van der Waals surface area contributed by atoms with Crippen molar-refractivity contribution in [2.75, 3.05) is 39.9 Å². The number of fused-ring (bicyclic) bond motifs is 6. The Hall–Kier alpha value is -2.34. The molecule has 4 heterocycles. The molecule has 2 aliphatic heterocycles. The van der Waals surface area contributed by atoms with Gasteiger partial charge in [-0.2, -0.15) is 4.58 Å². The fraction of sp³-hybridized carbons (Fsp3) is 0.314. The van der Waals surface area contributed by atoms with E-state index in [1.165, 1.54) is 53.1 Å². The van der Waals surface area contributed by atoms with Gasteiger partial charge in [-0.3, -0.25) is 9.88 Å². The van der Waals surface area contributed by atoms with E-state index in [1.807, 2.05) is 0 Å². The lowest BCUT2D eigenvalue weighted by Crippen LogP contribution is -3.00. The van der Waals surface area contributed by atoms with Crippen LogP contribution in [-0.4, -0.2) is 64.6 Å². The Morgan fingerprint density at radius 1 is 0.952 bits per heavy atom. The topological polar surface area (TPSA) is 33.3 Å². The zero-order valence-electron chi connectivity index (χ0n) is 24.6. The molecule has 0 unspecified atom stereocenters. The summed E-state index contributed by atoms with van der Waals surface area (Å²) in [6.45, 7) is 12.5. The highest BCUT2D eigenvalue weighted by Crippen LogP contribution is 2.44. The van der Waals surface area contributed by atoms with Crippen LogP contribution >= 0.6 is 22.6 Å². The van der Waals surface area contributed by atoms with Gasteiger partial charge in [0, 0.05) is 63.7 Å². The van der Waals surface area contributed by atoms with Crippen molar-refractivity contribution in [3.8, 4) is 0 Å². The van der Waals surface area contributed by atoms with Crippen molar-refractivity contribution in [2.45, 2.75) is 32.7 Å². The van der Waals surface area contributed by atoms with Gasteiger partial charge < -0.3 is 33.3 Å². The SMILES string of the molecule is Cc1nc(/C=C/C2=[N+](C)c3ccc4cc(I)ccc4c3C2(C)C)cc2c3ccccc3n(CCN3CCOCC3)c12.[I-]. The molecule has 0 aliphatic carbocycles. The quantitative estimate of drug-likeness (QED) is 0.197. The van der Waals surface area contributed by atoms with Crippen LogP contribution in [0.15, 0.2) is 66.7 Å². The minimum atomic E-state index is -0.123. The molecular weight excluding hydrogens is 746 g/mol. The summed E-state index contributed by atoms with van der Waals surface area (Å²) in [6, 6.07) is 22.4. The van der Waals surface area contributed by atoms with Gasteiger partial charge in [-0.15, -0.1) is 0 Å². The average Bonchev–Trinajstić information content (AvgIpc) is 3.39. The minimum absolute atomic E-state index is 0. The summed E-state index contributed by atoms with van der Waals surface area (Å²) in [5.41, 5.74) is 8.45. The van der Waals surface area contributed by atoms with E-state index < -0.39 is 0 Å². The van der Waals surface area contributed by atoms with E-state index in [0.29, 0.717) is 0 Å². The molecule has 0 saturated carbocycles. The van der Waals surface area contributed by atoms with Crippen molar-refractivity contribution in [3.63, 3.8) is 0 Å². The normalized spacial score (nSPS) is 17.1. The number of para-hydroxylation sites is 1. The van der Waals surface area contributed by atoms with Gasteiger partial charge in [0.05, 0.1) is 35.5 Å². The van der Waals surface area contributed by atoms with Crippen molar-refractivity contribution in [2.24, 2.45) is 0 Å². The van der Waals surface area contributed by atoms with E-state index in [0.717, 1.165) is 50.8 Å². The van der Waals surface area contributed by atoms with Crippen molar-refractivity contribution in [1.29, 1.82) is 0 Å². The highest BCUT2D eigenvalue weighted by molar-refractivity contribution is 14.1. The van der Waals surface area contributed by atoms with Crippen LogP contribution in [-0.2, 0) is 16.7 Å². The molecule has 7 rings (SSSR count). The molecule has 0 atom stereocenters. The third kappa shape index (κ3) is 5.00. The molecule has 216 valence electrons. The van der Waals surface area contributed by atoms with E-state index in [9.17, 15) is 0 Å². The highest BCUT2D eigenvalue weighted by Gasteiger charge is 2.44. The predicted molar refractivity (Wildman–Crippen MR) is 179 cm³/mol. The average molecular weight is 783 g/mol. The maximum atomic E-state index is 5.56. The van der Waals surface area contributed by atoms with Gasteiger partial charge in [0.25, 0.3) is 0 Å². The summed E-state index contributed by atoms with van der Waals surface area (Å²) in [5, 5.41) is 5.21. The molecule has 0 amide bonds. The van der Waals surface area contributed by atoms with E-state index in [2.05, 4.69) is 137 Å². The number of pyridine rings is 1. The standard InChI is InChI=1S/C35H36IN4O.HI/c1-23-34-29(28-7-5-6-8-30(28)40(34)16-15-39-17-19-41-20-18-39)22-26(37-23)11-14-32-35(2,3)33-27-12-10-25(36)21-24(27)9-13-31(33)38(32)4;/h5-14,21-22H,15-20H2,1-4H3;1H/q+1;/p-1. The molecule has 3 aromatic carbocycles. The number of morpholine rings is 1. The zero-order chi connectivity index (χ0) is 28.3. The van der Waals surface area contributed by atoms with E-state index >= 15 is 0 Å². The van der Waals surface area contributed by atoms with Crippen LogP contribution in [0, 0.1) is 10.5 Å². The second-order valence-electron chi connectivity index (χ2n) is 11.9. The number of ether oxygens (including phenoxy) is 1. The minimum Gasteiger partial charge on any atom is -1.00 e. The van der Waals surface area contributed by atoms with E-state index in [1.54, 1.807) is 0 Å². The fourth-order valence-corrected chi connectivity index (χ4v) is 7.58. The Bertz CT molecular complexity index is 1900. The molecule has 2 aromatic heterocycles. The first-order valence-electron chi connectivity index (χ1n) is 14.5. The molecular formula is C35H36I2N4O. The highest BCUT2D eigenvalue weighted by atomic mass is 127. The molecule has 0 bridgehead atoms. The molecule has 0 spiro atoms. The number of halogens is 2.